The fraction of sp³-hybridized carbons (Fsp3) is 0.368. The molecule has 0 saturated carbocycles. The van der Waals surface area contributed by atoms with Crippen molar-refractivity contribution in [3.63, 3.8) is 0 Å². The van der Waals surface area contributed by atoms with Crippen LogP contribution < -0.4 is 0 Å². The van der Waals surface area contributed by atoms with Gasteiger partial charge in [0.2, 0.25) is 0 Å². The Hall–Kier alpha value is -1.64. The van der Waals surface area contributed by atoms with E-state index in [1.165, 1.54) is 33.4 Å². The summed E-state index contributed by atoms with van der Waals surface area (Å²) in [6.45, 7) is 9.51. The Bertz CT molecular complexity index is 603. The molecule has 21 heavy (non-hydrogen) atoms. The highest BCUT2D eigenvalue weighted by Crippen LogP contribution is 2.17. The molecular weight excluding hydrogens is 260 g/mol. The molecule has 0 N–H and O–H groups in total. The van der Waals surface area contributed by atoms with E-state index >= 15 is 0 Å². The maximum absolute atomic E-state index is 5.40. The molecule has 0 aliphatic carbocycles. The van der Waals surface area contributed by atoms with Gasteiger partial charge in [-0.3, -0.25) is 0 Å². The minimum Gasteiger partial charge on any atom is -0.232 e. The van der Waals surface area contributed by atoms with Crippen LogP contribution in [-0.4, -0.2) is 0 Å². The predicted octanol–water partition coefficient (Wildman–Crippen LogP) is 4.82. The van der Waals surface area contributed by atoms with Gasteiger partial charge in [0.1, 0.15) is 13.2 Å². The molecule has 0 aliphatic heterocycles. The summed E-state index contributed by atoms with van der Waals surface area (Å²) in [5.74, 6) is 0. The SMILES string of the molecule is CCc1cccc(COOCc2cccc(C)c2C)c1C. The molecule has 0 aliphatic rings. The van der Waals surface area contributed by atoms with Crippen molar-refractivity contribution in [3.05, 3.63) is 69.8 Å². The lowest BCUT2D eigenvalue weighted by Gasteiger charge is -2.11. The van der Waals surface area contributed by atoms with Crippen LogP contribution in [0.15, 0.2) is 36.4 Å². The lowest BCUT2D eigenvalue weighted by Crippen LogP contribution is -2.01. The Morgan fingerprint density at radius 3 is 1.86 bits per heavy atom. The van der Waals surface area contributed by atoms with Crippen LogP contribution in [0.25, 0.3) is 0 Å². The monoisotopic (exact) mass is 284 g/mol. The first-order valence-electron chi connectivity index (χ1n) is 7.50. The van der Waals surface area contributed by atoms with Crippen LogP contribution in [0.1, 0.15) is 40.3 Å². The summed E-state index contributed by atoms with van der Waals surface area (Å²) in [7, 11) is 0. The van der Waals surface area contributed by atoms with Crippen molar-refractivity contribution in [3.8, 4) is 0 Å². The molecule has 0 amide bonds. The van der Waals surface area contributed by atoms with Crippen molar-refractivity contribution < 1.29 is 9.78 Å². The van der Waals surface area contributed by atoms with Crippen LogP contribution in [-0.2, 0) is 29.4 Å². The Balaban J connectivity index is 1.89. The fourth-order valence-electron chi connectivity index (χ4n) is 2.45. The number of rotatable bonds is 6. The van der Waals surface area contributed by atoms with Gasteiger partial charge in [-0.2, -0.15) is 0 Å². The minimum absolute atomic E-state index is 0.486. The zero-order valence-electron chi connectivity index (χ0n) is 13.4. The average molecular weight is 284 g/mol. The molecule has 2 aromatic carbocycles. The first kappa shape index (κ1) is 15.7. The Kier molecular flexibility index (Phi) is 5.54. The van der Waals surface area contributed by atoms with Gasteiger partial charge in [0.05, 0.1) is 0 Å². The van der Waals surface area contributed by atoms with Gasteiger partial charge in [-0.05, 0) is 60.6 Å². The van der Waals surface area contributed by atoms with E-state index in [1.807, 2.05) is 0 Å². The summed E-state index contributed by atoms with van der Waals surface area (Å²) in [5.41, 5.74) is 7.58. The van der Waals surface area contributed by atoms with Gasteiger partial charge >= 0.3 is 0 Å². The van der Waals surface area contributed by atoms with Crippen LogP contribution in [0.2, 0.25) is 0 Å². The van der Waals surface area contributed by atoms with E-state index in [-0.39, 0.29) is 0 Å². The molecule has 2 heteroatoms. The van der Waals surface area contributed by atoms with Gasteiger partial charge < -0.3 is 0 Å². The van der Waals surface area contributed by atoms with E-state index in [9.17, 15) is 0 Å². The van der Waals surface area contributed by atoms with Crippen LogP contribution in [0, 0.1) is 20.8 Å². The number of aryl methyl sites for hydroxylation is 2. The first-order valence-corrected chi connectivity index (χ1v) is 7.50. The molecule has 112 valence electrons. The minimum atomic E-state index is 0.486. The Morgan fingerprint density at radius 2 is 1.24 bits per heavy atom. The molecule has 0 aromatic heterocycles. The van der Waals surface area contributed by atoms with Gasteiger partial charge in [-0.1, -0.05) is 43.3 Å². The summed E-state index contributed by atoms with van der Waals surface area (Å²) in [5, 5.41) is 0. The second-order valence-corrected chi connectivity index (χ2v) is 5.44. The molecule has 0 spiro atoms. The van der Waals surface area contributed by atoms with Gasteiger partial charge in [0.25, 0.3) is 0 Å². The molecule has 0 atom stereocenters. The van der Waals surface area contributed by atoms with Crippen LogP contribution >= 0.6 is 0 Å². The normalized spacial score (nSPS) is 10.9. The molecule has 0 fully saturated rings. The third-order valence-electron chi connectivity index (χ3n) is 4.17. The number of hydrogen-bond donors (Lipinski definition) is 0. The van der Waals surface area contributed by atoms with Gasteiger partial charge in [0.15, 0.2) is 0 Å². The summed E-state index contributed by atoms with van der Waals surface area (Å²) in [4.78, 5) is 10.8. The van der Waals surface area contributed by atoms with Crippen molar-refractivity contribution in [2.75, 3.05) is 0 Å². The molecule has 0 heterocycles. The molecule has 0 radical (unpaired) electrons. The second-order valence-electron chi connectivity index (χ2n) is 5.44. The molecule has 2 aromatic rings. The topological polar surface area (TPSA) is 18.5 Å². The highest BCUT2D eigenvalue weighted by molar-refractivity contribution is 5.34. The van der Waals surface area contributed by atoms with E-state index in [2.05, 4.69) is 64.1 Å². The maximum atomic E-state index is 5.40. The lowest BCUT2D eigenvalue weighted by atomic mass is 10.0. The quantitative estimate of drug-likeness (QED) is 0.430. The van der Waals surface area contributed by atoms with Crippen molar-refractivity contribution in [1.82, 2.24) is 0 Å². The van der Waals surface area contributed by atoms with E-state index in [1.54, 1.807) is 0 Å². The van der Waals surface area contributed by atoms with E-state index in [4.69, 9.17) is 9.78 Å². The highest BCUT2D eigenvalue weighted by atomic mass is 17.2. The molecule has 2 rings (SSSR count). The summed E-state index contributed by atoms with van der Waals surface area (Å²) >= 11 is 0. The largest absolute Gasteiger partial charge is 0.232 e. The summed E-state index contributed by atoms with van der Waals surface area (Å²) in [6.07, 6.45) is 1.04. The van der Waals surface area contributed by atoms with Crippen molar-refractivity contribution >= 4 is 0 Å². The number of benzene rings is 2. The maximum Gasteiger partial charge on any atom is 0.108 e. The molecule has 0 unspecified atom stereocenters. The fourth-order valence-corrected chi connectivity index (χ4v) is 2.45. The third kappa shape index (κ3) is 3.93. The molecule has 0 saturated heterocycles. The van der Waals surface area contributed by atoms with Gasteiger partial charge in [-0.25, -0.2) is 9.78 Å². The van der Waals surface area contributed by atoms with E-state index in [0.717, 1.165) is 6.42 Å². The zero-order chi connectivity index (χ0) is 15.2. The van der Waals surface area contributed by atoms with Crippen LogP contribution in [0.5, 0.6) is 0 Å². The van der Waals surface area contributed by atoms with E-state index in [0.29, 0.717) is 13.2 Å². The van der Waals surface area contributed by atoms with Gasteiger partial charge in [0, 0.05) is 0 Å². The molecule has 0 bridgehead atoms. The van der Waals surface area contributed by atoms with Gasteiger partial charge in [-0.15, -0.1) is 0 Å². The average Bonchev–Trinajstić information content (AvgIpc) is 2.49. The van der Waals surface area contributed by atoms with Crippen molar-refractivity contribution in [2.45, 2.75) is 47.3 Å². The van der Waals surface area contributed by atoms with Crippen LogP contribution in [0.4, 0.5) is 0 Å². The van der Waals surface area contributed by atoms with Crippen molar-refractivity contribution in [1.29, 1.82) is 0 Å². The zero-order valence-corrected chi connectivity index (χ0v) is 13.4. The van der Waals surface area contributed by atoms with Crippen molar-refractivity contribution in [2.24, 2.45) is 0 Å². The summed E-state index contributed by atoms with van der Waals surface area (Å²) in [6, 6.07) is 12.6. The predicted molar refractivity (Wildman–Crippen MR) is 86.1 cm³/mol. The molecule has 2 nitrogen and oxygen atoms in total. The lowest BCUT2D eigenvalue weighted by molar-refractivity contribution is -0.313. The highest BCUT2D eigenvalue weighted by Gasteiger charge is 2.04. The smallest absolute Gasteiger partial charge is 0.108 e. The standard InChI is InChI=1S/C19H24O2/c1-5-17-9-7-11-19(16(17)4)13-21-20-12-18-10-6-8-14(2)15(18)3/h6-11H,5,12-13H2,1-4H3. The van der Waals surface area contributed by atoms with Crippen LogP contribution in [0.3, 0.4) is 0 Å². The number of hydrogen-bond acceptors (Lipinski definition) is 2. The first-order chi connectivity index (χ1) is 10.1. The molecular formula is C19H24O2. The second kappa shape index (κ2) is 7.39. The van der Waals surface area contributed by atoms with E-state index < -0.39 is 0 Å². The Labute approximate surface area is 127 Å². The third-order valence-corrected chi connectivity index (χ3v) is 4.17. The Morgan fingerprint density at radius 1 is 0.714 bits per heavy atom. The summed E-state index contributed by atoms with van der Waals surface area (Å²) < 4.78 is 0.